The summed E-state index contributed by atoms with van der Waals surface area (Å²) in [5, 5.41) is 3.75. The molecule has 4 unspecified atom stereocenters. The standard InChI is InChI=1S/C17H34N2O/c1-6-13(2)16-11-18-17(3,4)12-19(16)14-8-7-9-15(10-14)20-5/h13-16,18H,6-12H2,1-5H3. The average molecular weight is 282 g/mol. The molecule has 1 heterocycles. The van der Waals surface area contributed by atoms with Gasteiger partial charge in [0.25, 0.3) is 0 Å². The summed E-state index contributed by atoms with van der Waals surface area (Å²) in [6.45, 7) is 11.7. The second kappa shape index (κ2) is 6.76. The van der Waals surface area contributed by atoms with Gasteiger partial charge in [0, 0.05) is 37.8 Å². The largest absolute Gasteiger partial charge is 0.381 e. The molecule has 0 aromatic heterocycles. The molecule has 2 aliphatic rings. The molecule has 1 saturated carbocycles. The number of nitrogens with one attached hydrogen (secondary N) is 1. The zero-order valence-electron chi connectivity index (χ0n) is 14.1. The lowest BCUT2D eigenvalue weighted by atomic mass is 9.84. The molecule has 0 amide bonds. The summed E-state index contributed by atoms with van der Waals surface area (Å²) >= 11 is 0. The van der Waals surface area contributed by atoms with Crippen LogP contribution in [0.4, 0.5) is 0 Å². The molecule has 1 saturated heterocycles. The topological polar surface area (TPSA) is 24.5 Å². The lowest BCUT2D eigenvalue weighted by molar-refractivity contribution is -0.0232. The molecule has 1 N–H and O–H groups in total. The van der Waals surface area contributed by atoms with E-state index in [1.54, 1.807) is 0 Å². The van der Waals surface area contributed by atoms with Crippen LogP contribution in [0.2, 0.25) is 0 Å². The summed E-state index contributed by atoms with van der Waals surface area (Å²) in [7, 11) is 1.88. The molecule has 4 atom stereocenters. The van der Waals surface area contributed by atoms with Crippen molar-refractivity contribution in [1.29, 1.82) is 0 Å². The predicted molar refractivity (Wildman–Crippen MR) is 85.1 cm³/mol. The lowest BCUT2D eigenvalue weighted by Crippen LogP contribution is -2.65. The Morgan fingerprint density at radius 2 is 2.10 bits per heavy atom. The number of methoxy groups -OCH3 is 1. The number of hydrogen-bond acceptors (Lipinski definition) is 3. The minimum atomic E-state index is 0.240. The van der Waals surface area contributed by atoms with Crippen molar-refractivity contribution in [1.82, 2.24) is 10.2 Å². The molecule has 3 nitrogen and oxygen atoms in total. The van der Waals surface area contributed by atoms with Gasteiger partial charge in [-0.25, -0.2) is 0 Å². The van der Waals surface area contributed by atoms with E-state index < -0.39 is 0 Å². The van der Waals surface area contributed by atoms with E-state index in [4.69, 9.17) is 4.74 Å². The third-order valence-corrected chi connectivity index (χ3v) is 5.50. The molecule has 118 valence electrons. The highest BCUT2D eigenvalue weighted by Crippen LogP contribution is 2.31. The van der Waals surface area contributed by atoms with E-state index in [2.05, 4.69) is 37.9 Å². The first kappa shape index (κ1) is 16.3. The predicted octanol–water partition coefficient (Wildman–Crippen LogP) is 3.04. The fourth-order valence-corrected chi connectivity index (χ4v) is 3.96. The van der Waals surface area contributed by atoms with Crippen molar-refractivity contribution in [3.8, 4) is 0 Å². The van der Waals surface area contributed by atoms with E-state index in [0.29, 0.717) is 18.2 Å². The van der Waals surface area contributed by atoms with Crippen molar-refractivity contribution < 1.29 is 4.74 Å². The van der Waals surface area contributed by atoms with Crippen molar-refractivity contribution in [2.24, 2.45) is 5.92 Å². The van der Waals surface area contributed by atoms with Crippen LogP contribution in [0.25, 0.3) is 0 Å². The minimum absolute atomic E-state index is 0.240. The maximum Gasteiger partial charge on any atom is 0.0586 e. The molecule has 3 heteroatoms. The van der Waals surface area contributed by atoms with Crippen molar-refractivity contribution in [3.63, 3.8) is 0 Å². The monoisotopic (exact) mass is 282 g/mol. The number of ether oxygens (including phenoxy) is 1. The van der Waals surface area contributed by atoms with Crippen LogP contribution in [0.15, 0.2) is 0 Å². The lowest BCUT2D eigenvalue weighted by Gasteiger charge is -2.51. The second-order valence-electron chi connectivity index (χ2n) is 7.57. The molecule has 1 aliphatic carbocycles. The molecule has 0 radical (unpaired) electrons. The minimum Gasteiger partial charge on any atom is -0.381 e. The van der Waals surface area contributed by atoms with E-state index in [1.807, 2.05) is 7.11 Å². The fourth-order valence-electron chi connectivity index (χ4n) is 3.96. The summed E-state index contributed by atoms with van der Waals surface area (Å²) < 4.78 is 5.64. The average Bonchev–Trinajstić information content (AvgIpc) is 2.45. The molecule has 1 aliphatic heterocycles. The smallest absolute Gasteiger partial charge is 0.0586 e. The van der Waals surface area contributed by atoms with Gasteiger partial charge >= 0.3 is 0 Å². The quantitative estimate of drug-likeness (QED) is 0.858. The Kier molecular flexibility index (Phi) is 5.49. The van der Waals surface area contributed by atoms with E-state index >= 15 is 0 Å². The van der Waals surface area contributed by atoms with Gasteiger partial charge in [-0.2, -0.15) is 0 Å². The molecular formula is C17H34N2O. The van der Waals surface area contributed by atoms with Crippen molar-refractivity contribution in [2.45, 2.75) is 83.5 Å². The highest BCUT2D eigenvalue weighted by atomic mass is 16.5. The third-order valence-electron chi connectivity index (χ3n) is 5.50. The van der Waals surface area contributed by atoms with Gasteiger partial charge in [-0.15, -0.1) is 0 Å². The van der Waals surface area contributed by atoms with Crippen LogP contribution in [-0.2, 0) is 4.74 Å². The summed E-state index contributed by atoms with van der Waals surface area (Å²) in [5.41, 5.74) is 0.240. The van der Waals surface area contributed by atoms with Crippen LogP contribution in [0, 0.1) is 5.92 Å². The zero-order valence-corrected chi connectivity index (χ0v) is 14.1. The first-order valence-electron chi connectivity index (χ1n) is 8.50. The van der Waals surface area contributed by atoms with E-state index in [1.165, 1.54) is 38.6 Å². The number of piperazine rings is 1. The SMILES string of the molecule is CCC(C)C1CNC(C)(C)CN1C1CCCC(OC)C1. The first-order chi connectivity index (χ1) is 9.46. The van der Waals surface area contributed by atoms with Crippen molar-refractivity contribution in [3.05, 3.63) is 0 Å². The Morgan fingerprint density at radius 3 is 2.75 bits per heavy atom. The molecule has 0 bridgehead atoms. The van der Waals surface area contributed by atoms with E-state index in [9.17, 15) is 0 Å². The van der Waals surface area contributed by atoms with Crippen LogP contribution in [0.3, 0.4) is 0 Å². The van der Waals surface area contributed by atoms with Crippen LogP contribution in [0.5, 0.6) is 0 Å². The Balaban J connectivity index is 2.09. The van der Waals surface area contributed by atoms with Crippen molar-refractivity contribution >= 4 is 0 Å². The summed E-state index contributed by atoms with van der Waals surface area (Å²) in [5.74, 6) is 0.765. The molecular weight excluding hydrogens is 248 g/mol. The van der Waals surface area contributed by atoms with Gasteiger partial charge in [0.05, 0.1) is 6.10 Å². The number of nitrogens with zero attached hydrogens (tertiary/aromatic N) is 1. The Morgan fingerprint density at radius 1 is 1.35 bits per heavy atom. The summed E-state index contributed by atoms with van der Waals surface area (Å²) in [6, 6.07) is 1.41. The maximum absolute atomic E-state index is 5.64. The third kappa shape index (κ3) is 3.75. The molecule has 20 heavy (non-hydrogen) atoms. The molecule has 0 aromatic rings. The molecule has 2 rings (SSSR count). The highest BCUT2D eigenvalue weighted by Gasteiger charge is 2.39. The maximum atomic E-state index is 5.64. The van der Waals surface area contributed by atoms with Gasteiger partial charge in [0.1, 0.15) is 0 Å². The second-order valence-corrected chi connectivity index (χ2v) is 7.57. The van der Waals surface area contributed by atoms with Crippen LogP contribution >= 0.6 is 0 Å². The van der Waals surface area contributed by atoms with Gasteiger partial charge in [0.15, 0.2) is 0 Å². The van der Waals surface area contributed by atoms with Gasteiger partial charge in [-0.3, -0.25) is 4.90 Å². The Labute approximate surface area is 125 Å². The normalized spacial score (nSPS) is 36.8. The number of rotatable bonds is 4. The Hall–Kier alpha value is -0.120. The Bertz CT molecular complexity index is 305. The van der Waals surface area contributed by atoms with E-state index in [-0.39, 0.29) is 5.54 Å². The zero-order chi connectivity index (χ0) is 14.8. The number of hydrogen-bond donors (Lipinski definition) is 1. The molecule has 0 aromatic carbocycles. The van der Waals surface area contributed by atoms with Gasteiger partial charge in [-0.05, 0) is 45.4 Å². The van der Waals surface area contributed by atoms with Crippen LogP contribution < -0.4 is 5.32 Å². The molecule has 2 fully saturated rings. The van der Waals surface area contributed by atoms with Gasteiger partial charge in [0.2, 0.25) is 0 Å². The van der Waals surface area contributed by atoms with Crippen LogP contribution in [-0.4, -0.2) is 48.8 Å². The van der Waals surface area contributed by atoms with Gasteiger partial charge in [-0.1, -0.05) is 20.3 Å². The van der Waals surface area contributed by atoms with Gasteiger partial charge < -0.3 is 10.1 Å². The van der Waals surface area contributed by atoms with Crippen LogP contribution in [0.1, 0.15) is 59.8 Å². The highest BCUT2D eigenvalue weighted by molar-refractivity contribution is 4.97. The first-order valence-corrected chi connectivity index (χ1v) is 8.50. The fraction of sp³-hybridized carbons (Fsp3) is 1.00. The van der Waals surface area contributed by atoms with Crippen molar-refractivity contribution in [2.75, 3.05) is 20.2 Å². The summed E-state index contributed by atoms with van der Waals surface area (Å²) in [6.07, 6.45) is 6.88. The van der Waals surface area contributed by atoms with E-state index in [0.717, 1.165) is 12.5 Å². The summed E-state index contributed by atoms with van der Waals surface area (Å²) in [4.78, 5) is 2.82. The molecule has 0 spiro atoms.